The number of rotatable bonds is 9. The highest BCUT2D eigenvalue weighted by Gasteiger charge is 2.22. The van der Waals surface area contributed by atoms with E-state index in [1.165, 1.54) is 32.4 Å². The Morgan fingerprint density at radius 2 is 1.85 bits per heavy atom. The van der Waals surface area contributed by atoms with Crippen molar-refractivity contribution in [2.24, 2.45) is 0 Å². The van der Waals surface area contributed by atoms with Crippen LogP contribution in [0.25, 0.3) is 0 Å². The molecule has 8 heteroatoms. The summed E-state index contributed by atoms with van der Waals surface area (Å²) in [5, 5.41) is 11.7. The van der Waals surface area contributed by atoms with Crippen LogP contribution >= 0.6 is 0 Å². The number of carbonyl (C=O) groups is 2. The maximum atomic E-state index is 13.5. The Hall–Kier alpha value is -3.29. The van der Waals surface area contributed by atoms with E-state index >= 15 is 0 Å². The van der Waals surface area contributed by atoms with Crippen molar-refractivity contribution < 1.29 is 33.3 Å². The summed E-state index contributed by atoms with van der Waals surface area (Å²) in [5.74, 6) is -1.46. The second-order valence-electron chi connectivity index (χ2n) is 5.54. The summed E-state index contributed by atoms with van der Waals surface area (Å²) in [6, 6.07) is 9.66. The lowest BCUT2D eigenvalue weighted by Gasteiger charge is -2.20. The van der Waals surface area contributed by atoms with Gasteiger partial charge in [0.25, 0.3) is 5.91 Å². The van der Waals surface area contributed by atoms with Gasteiger partial charge < -0.3 is 24.6 Å². The maximum Gasteiger partial charge on any atom is 0.305 e. The summed E-state index contributed by atoms with van der Waals surface area (Å²) in [4.78, 5) is 23.4. The number of para-hydroxylation sites is 1. The first kappa shape index (κ1) is 20.0. The number of halogens is 1. The van der Waals surface area contributed by atoms with Crippen molar-refractivity contribution >= 4 is 11.9 Å². The summed E-state index contributed by atoms with van der Waals surface area (Å²) in [6.45, 7) is -0.463. The molecular weight excluding hydrogens is 357 g/mol. The van der Waals surface area contributed by atoms with Gasteiger partial charge in [0, 0.05) is 11.6 Å². The molecule has 144 valence electrons. The van der Waals surface area contributed by atoms with E-state index in [0.717, 1.165) is 0 Å². The van der Waals surface area contributed by atoms with Gasteiger partial charge in [-0.15, -0.1) is 0 Å². The third-order valence-corrected chi connectivity index (χ3v) is 3.73. The zero-order valence-corrected chi connectivity index (χ0v) is 14.9. The number of nitrogens with one attached hydrogen (secondary N) is 1. The molecule has 0 heterocycles. The van der Waals surface area contributed by atoms with Gasteiger partial charge in [0.05, 0.1) is 26.7 Å². The van der Waals surface area contributed by atoms with Gasteiger partial charge in [0.15, 0.2) is 18.2 Å². The second-order valence-corrected chi connectivity index (χ2v) is 5.54. The highest BCUT2D eigenvalue weighted by Crippen LogP contribution is 2.31. The molecule has 0 bridgehead atoms. The van der Waals surface area contributed by atoms with Crippen LogP contribution < -0.4 is 19.5 Å². The Bertz CT molecular complexity index is 811. The van der Waals surface area contributed by atoms with Crippen molar-refractivity contribution in [2.75, 3.05) is 20.8 Å². The lowest BCUT2D eigenvalue weighted by molar-refractivity contribution is -0.137. The number of hydrogen-bond acceptors (Lipinski definition) is 5. The van der Waals surface area contributed by atoms with E-state index in [1.807, 2.05) is 0 Å². The summed E-state index contributed by atoms with van der Waals surface area (Å²) in [6.07, 6.45) is -0.367. The number of aliphatic carboxylic acids is 1. The largest absolute Gasteiger partial charge is 0.497 e. The first-order valence-corrected chi connectivity index (χ1v) is 8.05. The van der Waals surface area contributed by atoms with E-state index in [-0.39, 0.29) is 12.2 Å². The molecule has 7 nitrogen and oxygen atoms in total. The fraction of sp³-hybridized carbons (Fsp3) is 0.263. The minimum Gasteiger partial charge on any atom is -0.497 e. The fourth-order valence-corrected chi connectivity index (χ4v) is 2.46. The average Bonchev–Trinajstić information content (AvgIpc) is 2.66. The molecule has 0 spiro atoms. The van der Waals surface area contributed by atoms with Crippen molar-refractivity contribution in [3.63, 3.8) is 0 Å². The van der Waals surface area contributed by atoms with E-state index in [0.29, 0.717) is 17.1 Å². The molecule has 0 aromatic heterocycles. The zero-order chi connectivity index (χ0) is 19.8. The van der Waals surface area contributed by atoms with Crippen LogP contribution in [0.5, 0.6) is 17.2 Å². The molecular formula is C19H20FNO6. The van der Waals surface area contributed by atoms with Crippen molar-refractivity contribution in [1.29, 1.82) is 0 Å². The standard InChI is InChI=1S/C19H20FNO6/c1-25-12-7-8-13(17(9-12)26-2)15(10-19(23)24)21-18(22)11-27-16-6-4-3-5-14(16)20/h3-9,15H,10-11H2,1-2H3,(H,21,22)(H,23,24). The second kappa shape index (κ2) is 9.42. The zero-order valence-electron chi connectivity index (χ0n) is 14.9. The molecule has 2 rings (SSSR count). The minimum absolute atomic E-state index is 0.0653. The summed E-state index contributed by atoms with van der Waals surface area (Å²) in [5.41, 5.74) is 0.472. The smallest absolute Gasteiger partial charge is 0.305 e. The van der Waals surface area contributed by atoms with Crippen LogP contribution in [0.1, 0.15) is 18.0 Å². The van der Waals surface area contributed by atoms with Crippen LogP contribution in [0.4, 0.5) is 4.39 Å². The molecule has 1 atom stereocenters. The van der Waals surface area contributed by atoms with Crippen LogP contribution in [0, 0.1) is 5.82 Å². The Morgan fingerprint density at radius 1 is 1.11 bits per heavy atom. The lowest BCUT2D eigenvalue weighted by Crippen LogP contribution is -2.34. The maximum absolute atomic E-state index is 13.5. The molecule has 1 unspecified atom stereocenters. The fourth-order valence-electron chi connectivity index (χ4n) is 2.46. The normalized spacial score (nSPS) is 11.4. The molecule has 2 aromatic rings. The third-order valence-electron chi connectivity index (χ3n) is 3.73. The number of ether oxygens (including phenoxy) is 3. The molecule has 0 saturated heterocycles. The molecule has 0 radical (unpaired) electrons. The van der Waals surface area contributed by atoms with Crippen LogP contribution in [0.15, 0.2) is 42.5 Å². The highest BCUT2D eigenvalue weighted by molar-refractivity contribution is 5.79. The van der Waals surface area contributed by atoms with Crippen molar-refractivity contribution in [3.05, 3.63) is 53.8 Å². The molecule has 2 aromatic carbocycles. The number of carboxylic acids is 1. The molecule has 27 heavy (non-hydrogen) atoms. The van der Waals surface area contributed by atoms with Gasteiger partial charge in [0.1, 0.15) is 11.5 Å². The molecule has 0 fully saturated rings. The molecule has 2 N–H and O–H groups in total. The number of carboxylic acid groups (broad SMARTS) is 1. The SMILES string of the molecule is COc1ccc(C(CC(=O)O)NC(=O)COc2ccccc2F)c(OC)c1. The number of carbonyl (C=O) groups excluding carboxylic acids is 1. The molecule has 0 aliphatic rings. The lowest BCUT2D eigenvalue weighted by atomic mass is 10.0. The summed E-state index contributed by atoms with van der Waals surface area (Å²) >= 11 is 0. The molecule has 0 aliphatic carbocycles. The van der Waals surface area contributed by atoms with Gasteiger partial charge in [-0.3, -0.25) is 9.59 Å². The van der Waals surface area contributed by atoms with E-state index < -0.39 is 30.3 Å². The molecule has 0 aliphatic heterocycles. The van der Waals surface area contributed by atoms with Crippen molar-refractivity contribution in [3.8, 4) is 17.2 Å². The van der Waals surface area contributed by atoms with Gasteiger partial charge in [-0.25, -0.2) is 4.39 Å². The van der Waals surface area contributed by atoms with E-state index in [4.69, 9.17) is 19.3 Å². The average molecular weight is 377 g/mol. The topological polar surface area (TPSA) is 94.1 Å². The van der Waals surface area contributed by atoms with Crippen molar-refractivity contribution in [1.82, 2.24) is 5.32 Å². The van der Waals surface area contributed by atoms with Crippen molar-refractivity contribution in [2.45, 2.75) is 12.5 Å². The Balaban J connectivity index is 2.13. The van der Waals surface area contributed by atoms with Crippen LogP contribution in [0.3, 0.4) is 0 Å². The van der Waals surface area contributed by atoms with Gasteiger partial charge in [0.2, 0.25) is 0 Å². The predicted octanol–water partition coefficient (Wildman–Crippen LogP) is 2.55. The summed E-state index contributed by atoms with van der Waals surface area (Å²) < 4.78 is 29.1. The van der Waals surface area contributed by atoms with E-state index in [1.54, 1.807) is 24.3 Å². The Kier molecular flexibility index (Phi) is 6.99. The molecule has 0 saturated carbocycles. The van der Waals surface area contributed by atoms with Gasteiger partial charge in [-0.1, -0.05) is 12.1 Å². The first-order chi connectivity index (χ1) is 12.9. The number of methoxy groups -OCH3 is 2. The van der Waals surface area contributed by atoms with E-state index in [2.05, 4.69) is 5.32 Å². The Morgan fingerprint density at radius 3 is 2.48 bits per heavy atom. The summed E-state index contributed by atoms with van der Waals surface area (Å²) in [7, 11) is 2.92. The number of hydrogen-bond donors (Lipinski definition) is 2. The third kappa shape index (κ3) is 5.60. The van der Waals surface area contributed by atoms with Crippen LogP contribution in [-0.2, 0) is 9.59 Å². The van der Waals surface area contributed by atoms with Gasteiger partial charge in [-0.05, 0) is 24.3 Å². The molecule has 1 amide bonds. The van der Waals surface area contributed by atoms with E-state index in [9.17, 15) is 14.0 Å². The predicted molar refractivity (Wildman–Crippen MR) is 94.6 cm³/mol. The van der Waals surface area contributed by atoms with Crippen LogP contribution in [-0.4, -0.2) is 37.8 Å². The van der Waals surface area contributed by atoms with Crippen LogP contribution in [0.2, 0.25) is 0 Å². The van der Waals surface area contributed by atoms with Gasteiger partial charge in [-0.2, -0.15) is 0 Å². The quantitative estimate of drug-likeness (QED) is 0.698. The van der Waals surface area contributed by atoms with Gasteiger partial charge >= 0.3 is 5.97 Å². The first-order valence-electron chi connectivity index (χ1n) is 8.05. The minimum atomic E-state index is -1.10. The highest BCUT2D eigenvalue weighted by atomic mass is 19.1. The number of amides is 1. The Labute approximate surface area is 155 Å². The monoisotopic (exact) mass is 377 g/mol. The number of benzene rings is 2.